The standard InChI is InChI=1S/C19H24N2O2.C2H6/c1-14(22)21-10-6-15(7-11-21)12-20-9-8-19-17(13-20)16-4-2-3-5-18(16)23-19;1-2/h2-5,15H,6-13H2,1H3;1-2H3. The molecular formula is C21H30N2O2. The average Bonchev–Trinajstić information content (AvgIpc) is 3.02. The molecule has 2 aliphatic rings. The fourth-order valence-electron chi connectivity index (χ4n) is 4.04. The first-order valence-corrected chi connectivity index (χ1v) is 9.68. The lowest BCUT2D eigenvalue weighted by atomic mass is 9.95. The number of rotatable bonds is 2. The molecule has 0 saturated carbocycles. The summed E-state index contributed by atoms with van der Waals surface area (Å²) in [6.07, 6.45) is 3.28. The van der Waals surface area contributed by atoms with Crippen LogP contribution in [0.15, 0.2) is 28.7 Å². The van der Waals surface area contributed by atoms with Gasteiger partial charge in [0.2, 0.25) is 5.91 Å². The second-order valence-electron chi connectivity index (χ2n) is 6.93. The molecular weight excluding hydrogens is 312 g/mol. The van der Waals surface area contributed by atoms with Crippen LogP contribution in [0.3, 0.4) is 0 Å². The van der Waals surface area contributed by atoms with Crippen LogP contribution in [0, 0.1) is 5.92 Å². The van der Waals surface area contributed by atoms with Crippen LogP contribution in [-0.4, -0.2) is 41.9 Å². The van der Waals surface area contributed by atoms with Crippen molar-refractivity contribution in [1.29, 1.82) is 0 Å². The van der Waals surface area contributed by atoms with Crippen molar-refractivity contribution in [2.45, 2.75) is 46.6 Å². The van der Waals surface area contributed by atoms with E-state index >= 15 is 0 Å². The van der Waals surface area contributed by atoms with E-state index in [0.717, 1.165) is 57.6 Å². The van der Waals surface area contributed by atoms with Gasteiger partial charge in [-0.2, -0.15) is 0 Å². The smallest absolute Gasteiger partial charge is 0.219 e. The SMILES string of the molecule is CC.CC(=O)N1CCC(CN2CCc3oc4ccccc4c3C2)CC1. The van der Waals surface area contributed by atoms with E-state index < -0.39 is 0 Å². The van der Waals surface area contributed by atoms with Crippen LogP contribution in [0.25, 0.3) is 11.0 Å². The molecule has 0 unspecified atom stereocenters. The van der Waals surface area contributed by atoms with E-state index in [1.165, 1.54) is 16.7 Å². The summed E-state index contributed by atoms with van der Waals surface area (Å²) in [4.78, 5) is 16.0. The van der Waals surface area contributed by atoms with Crippen LogP contribution in [-0.2, 0) is 17.8 Å². The van der Waals surface area contributed by atoms with Gasteiger partial charge in [-0.15, -0.1) is 0 Å². The summed E-state index contributed by atoms with van der Waals surface area (Å²) in [6.45, 7) is 10.8. The van der Waals surface area contributed by atoms with E-state index in [1.807, 2.05) is 24.8 Å². The molecule has 136 valence electrons. The van der Waals surface area contributed by atoms with Gasteiger partial charge in [0.1, 0.15) is 11.3 Å². The second kappa shape index (κ2) is 8.05. The minimum absolute atomic E-state index is 0.218. The Morgan fingerprint density at radius 2 is 1.88 bits per heavy atom. The molecule has 0 spiro atoms. The van der Waals surface area contributed by atoms with Crippen molar-refractivity contribution in [2.75, 3.05) is 26.2 Å². The fourth-order valence-corrected chi connectivity index (χ4v) is 4.04. The third-order valence-electron chi connectivity index (χ3n) is 5.39. The van der Waals surface area contributed by atoms with E-state index in [2.05, 4.69) is 23.1 Å². The highest BCUT2D eigenvalue weighted by Crippen LogP contribution is 2.31. The number of hydrogen-bond donors (Lipinski definition) is 0. The summed E-state index contributed by atoms with van der Waals surface area (Å²) in [5.74, 6) is 2.11. The van der Waals surface area contributed by atoms with Gasteiger partial charge in [0.05, 0.1) is 0 Å². The molecule has 3 heterocycles. The number of carbonyl (C=O) groups excluding carboxylic acids is 1. The Balaban J connectivity index is 0.000000880. The minimum atomic E-state index is 0.218. The largest absolute Gasteiger partial charge is 0.461 e. The molecule has 1 saturated heterocycles. The number of amides is 1. The van der Waals surface area contributed by atoms with Crippen molar-refractivity contribution in [2.24, 2.45) is 5.92 Å². The lowest BCUT2D eigenvalue weighted by Gasteiger charge is -2.35. The Morgan fingerprint density at radius 3 is 2.60 bits per heavy atom. The molecule has 4 heteroatoms. The molecule has 0 N–H and O–H groups in total. The zero-order valence-corrected chi connectivity index (χ0v) is 15.8. The average molecular weight is 342 g/mol. The Kier molecular flexibility index (Phi) is 5.79. The number of carbonyl (C=O) groups is 1. The Hall–Kier alpha value is -1.81. The van der Waals surface area contributed by atoms with E-state index in [-0.39, 0.29) is 5.91 Å². The number of nitrogens with zero attached hydrogens (tertiary/aromatic N) is 2. The zero-order chi connectivity index (χ0) is 17.8. The van der Waals surface area contributed by atoms with E-state index in [4.69, 9.17) is 4.42 Å². The van der Waals surface area contributed by atoms with E-state index in [0.29, 0.717) is 5.92 Å². The van der Waals surface area contributed by atoms with Crippen molar-refractivity contribution in [3.63, 3.8) is 0 Å². The Bertz CT molecular complexity index is 714. The Labute approximate surface area is 150 Å². The molecule has 2 aromatic rings. The maximum absolute atomic E-state index is 11.4. The number of hydrogen-bond acceptors (Lipinski definition) is 3. The molecule has 1 aromatic carbocycles. The summed E-state index contributed by atoms with van der Waals surface area (Å²) >= 11 is 0. The summed E-state index contributed by atoms with van der Waals surface area (Å²) in [5.41, 5.74) is 2.40. The van der Waals surface area contributed by atoms with E-state index in [1.54, 1.807) is 6.92 Å². The first-order chi connectivity index (χ1) is 12.2. The van der Waals surface area contributed by atoms with Crippen molar-refractivity contribution in [1.82, 2.24) is 9.80 Å². The molecule has 0 atom stereocenters. The fraction of sp³-hybridized carbons (Fsp3) is 0.571. The van der Waals surface area contributed by atoms with Crippen LogP contribution < -0.4 is 0 Å². The van der Waals surface area contributed by atoms with Crippen molar-refractivity contribution in [3.05, 3.63) is 35.6 Å². The van der Waals surface area contributed by atoms with Gasteiger partial charge in [-0.05, 0) is 24.8 Å². The van der Waals surface area contributed by atoms with Crippen LogP contribution in [0.1, 0.15) is 44.9 Å². The summed E-state index contributed by atoms with van der Waals surface area (Å²) < 4.78 is 6.00. The van der Waals surface area contributed by atoms with Crippen molar-refractivity contribution >= 4 is 16.9 Å². The third-order valence-corrected chi connectivity index (χ3v) is 5.39. The van der Waals surface area contributed by atoms with Crippen LogP contribution in [0.5, 0.6) is 0 Å². The molecule has 0 radical (unpaired) electrons. The first kappa shape index (κ1) is 18.0. The molecule has 4 rings (SSSR count). The lowest BCUT2D eigenvalue weighted by Crippen LogP contribution is -2.41. The highest BCUT2D eigenvalue weighted by atomic mass is 16.3. The van der Waals surface area contributed by atoms with Gasteiger partial charge in [-0.25, -0.2) is 0 Å². The molecule has 0 bridgehead atoms. The number of furan rings is 1. The third kappa shape index (κ3) is 3.90. The monoisotopic (exact) mass is 342 g/mol. The molecule has 1 fully saturated rings. The van der Waals surface area contributed by atoms with Gasteiger partial charge in [-0.3, -0.25) is 9.69 Å². The number of fused-ring (bicyclic) bond motifs is 3. The maximum atomic E-state index is 11.4. The Morgan fingerprint density at radius 1 is 1.16 bits per heavy atom. The number of benzene rings is 1. The zero-order valence-electron chi connectivity index (χ0n) is 15.8. The summed E-state index contributed by atoms with van der Waals surface area (Å²) in [7, 11) is 0. The highest BCUT2D eigenvalue weighted by molar-refractivity contribution is 5.82. The topological polar surface area (TPSA) is 36.7 Å². The van der Waals surface area contributed by atoms with E-state index in [9.17, 15) is 4.79 Å². The normalized spacial score (nSPS) is 18.6. The van der Waals surface area contributed by atoms with Gasteiger partial charge in [0.15, 0.2) is 0 Å². The highest BCUT2D eigenvalue weighted by Gasteiger charge is 2.26. The second-order valence-corrected chi connectivity index (χ2v) is 6.93. The number of likely N-dealkylation sites (tertiary alicyclic amines) is 1. The van der Waals surface area contributed by atoms with Gasteiger partial charge in [0.25, 0.3) is 0 Å². The quantitative estimate of drug-likeness (QED) is 0.825. The minimum Gasteiger partial charge on any atom is -0.461 e. The first-order valence-electron chi connectivity index (χ1n) is 9.68. The molecule has 2 aliphatic heterocycles. The van der Waals surface area contributed by atoms with Gasteiger partial charge < -0.3 is 9.32 Å². The molecule has 25 heavy (non-hydrogen) atoms. The summed E-state index contributed by atoms with van der Waals surface area (Å²) in [5, 5.41) is 1.28. The van der Waals surface area contributed by atoms with Crippen molar-refractivity contribution in [3.8, 4) is 0 Å². The summed E-state index contributed by atoms with van der Waals surface area (Å²) in [6, 6.07) is 8.37. The van der Waals surface area contributed by atoms with Gasteiger partial charge >= 0.3 is 0 Å². The van der Waals surface area contributed by atoms with Gasteiger partial charge in [-0.1, -0.05) is 32.0 Å². The molecule has 1 amide bonds. The number of piperidine rings is 1. The van der Waals surface area contributed by atoms with Crippen LogP contribution in [0.2, 0.25) is 0 Å². The maximum Gasteiger partial charge on any atom is 0.219 e. The molecule has 0 aliphatic carbocycles. The molecule has 4 nitrogen and oxygen atoms in total. The number of para-hydroxylation sites is 1. The predicted octanol–water partition coefficient (Wildman–Crippen LogP) is 4.08. The lowest BCUT2D eigenvalue weighted by molar-refractivity contribution is -0.130. The van der Waals surface area contributed by atoms with Crippen molar-refractivity contribution < 1.29 is 9.21 Å². The van der Waals surface area contributed by atoms with Crippen LogP contribution >= 0.6 is 0 Å². The van der Waals surface area contributed by atoms with Crippen LogP contribution in [0.4, 0.5) is 0 Å². The predicted molar refractivity (Wildman–Crippen MR) is 102 cm³/mol. The van der Waals surface area contributed by atoms with Gasteiger partial charge in [0, 0.05) is 57.0 Å². The molecule has 1 aromatic heterocycles.